The van der Waals surface area contributed by atoms with E-state index in [4.69, 9.17) is 25.7 Å². The third-order valence-electron chi connectivity index (χ3n) is 6.26. The van der Waals surface area contributed by atoms with Crippen LogP contribution in [0.25, 0.3) is 33.5 Å². The summed E-state index contributed by atoms with van der Waals surface area (Å²) >= 11 is 13.6. The Labute approximate surface area is 251 Å². The molecule has 0 aliphatic rings. The SMILES string of the molecule is Cc1cccc(COc2c(Cl)cc(C=Nn3c(-c4cc5cc(Br)ccc5o4)nc4ccccc4c3=O)cc2Br)c1. The molecule has 6 aromatic rings. The number of hydrogen-bond donors (Lipinski definition) is 0. The minimum Gasteiger partial charge on any atom is -0.486 e. The van der Waals surface area contributed by atoms with Crippen molar-refractivity contribution in [2.75, 3.05) is 0 Å². The van der Waals surface area contributed by atoms with E-state index in [-0.39, 0.29) is 11.4 Å². The van der Waals surface area contributed by atoms with Crippen molar-refractivity contribution in [1.82, 2.24) is 9.66 Å². The molecule has 0 radical (unpaired) electrons. The van der Waals surface area contributed by atoms with Crippen LogP contribution in [0.4, 0.5) is 0 Å². The van der Waals surface area contributed by atoms with E-state index >= 15 is 0 Å². The van der Waals surface area contributed by atoms with Crippen molar-refractivity contribution in [1.29, 1.82) is 0 Å². The molecule has 0 bridgehead atoms. The molecule has 0 fully saturated rings. The van der Waals surface area contributed by atoms with Gasteiger partial charge in [-0.15, -0.1) is 0 Å². The van der Waals surface area contributed by atoms with Gasteiger partial charge in [0.25, 0.3) is 5.56 Å². The van der Waals surface area contributed by atoms with Crippen LogP contribution in [0.1, 0.15) is 16.7 Å². The highest BCUT2D eigenvalue weighted by Crippen LogP contribution is 2.35. The topological polar surface area (TPSA) is 69.6 Å². The first-order valence-corrected chi connectivity index (χ1v) is 14.2. The van der Waals surface area contributed by atoms with Crippen molar-refractivity contribution in [3.05, 3.63) is 126 Å². The van der Waals surface area contributed by atoms with E-state index < -0.39 is 0 Å². The molecule has 6 rings (SSSR count). The Morgan fingerprint density at radius 1 is 1.02 bits per heavy atom. The van der Waals surface area contributed by atoms with Crippen LogP contribution < -0.4 is 10.3 Å². The summed E-state index contributed by atoms with van der Waals surface area (Å²) in [6.07, 6.45) is 1.56. The van der Waals surface area contributed by atoms with Gasteiger partial charge in [0.05, 0.1) is 26.6 Å². The van der Waals surface area contributed by atoms with Crippen LogP contribution >= 0.6 is 43.5 Å². The van der Waals surface area contributed by atoms with Gasteiger partial charge >= 0.3 is 0 Å². The molecule has 0 aliphatic heterocycles. The molecule has 9 heteroatoms. The van der Waals surface area contributed by atoms with Crippen molar-refractivity contribution >= 4 is 71.5 Å². The maximum Gasteiger partial charge on any atom is 0.282 e. The van der Waals surface area contributed by atoms with E-state index in [1.54, 1.807) is 30.5 Å². The van der Waals surface area contributed by atoms with Gasteiger partial charge in [-0.05, 0) is 82.5 Å². The van der Waals surface area contributed by atoms with Gasteiger partial charge in [0, 0.05) is 9.86 Å². The number of para-hydroxylation sites is 1. The summed E-state index contributed by atoms with van der Waals surface area (Å²) in [5, 5.41) is 6.27. The van der Waals surface area contributed by atoms with E-state index in [0.717, 1.165) is 21.0 Å². The summed E-state index contributed by atoms with van der Waals surface area (Å²) in [6, 6.07) is 26.4. The lowest BCUT2D eigenvalue weighted by atomic mass is 10.1. The molecule has 0 unspecified atom stereocenters. The zero-order chi connectivity index (χ0) is 27.8. The van der Waals surface area contributed by atoms with Crippen LogP contribution in [-0.4, -0.2) is 15.9 Å². The predicted molar refractivity (Wildman–Crippen MR) is 167 cm³/mol. The summed E-state index contributed by atoms with van der Waals surface area (Å²) in [5.41, 5.74) is 3.78. The van der Waals surface area contributed by atoms with Crippen molar-refractivity contribution < 1.29 is 9.15 Å². The fraction of sp³-hybridized carbons (Fsp3) is 0.0645. The molecule has 2 aromatic heterocycles. The van der Waals surface area contributed by atoms with Crippen molar-refractivity contribution in [3.8, 4) is 17.3 Å². The minimum absolute atomic E-state index is 0.288. The number of nitrogens with zero attached hydrogens (tertiary/aromatic N) is 3. The Kier molecular flexibility index (Phi) is 7.31. The number of ether oxygens (including phenoxy) is 1. The maximum atomic E-state index is 13.5. The first-order valence-electron chi connectivity index (χ1n) is 12.3. The molecule has 0 saturated carbocycles. The van der Waals surface area contributed by atoms with Gasteiger partial charge in [-0.25, -0.2) is 4.98 Å². The first kappa shape index (κ1) is 26.5. The average molecular weight is 678 g/mol. The van der Waals surface area contributed by atoms with Gasteiger partial charge in [0.2, 0.25) is 5.82 Å². The Hall–Kier alpha value is -3.72. The standard InChI is InChI=1S/C31H20Br2ClN3O3/c1-18-5-4-6-19(11-18)17-39-29-24(33)12-20(13-25(29)34)16-35-37-30(36-26-8-3-2-7-23(26)31(37)38)28-15-21-14-22(32)9-10-27(21)40-28/h2-16H,17H2,1H3. The molecule has 0 saturated heterocycles. The van der Waals surface area contributed by atoms with Crippen LogP contribution in [0, 0.1) is 6.92 Å². The molecule has 0 spiro atoms. The van der Waals surface area contributed by atoms with Gasteiger partial charge in [-0.3, -0.25) is 4.79 Å². The van der Waals surface area contributed by atoms with Gasteiger partial charge in [0.15, 0.2) is 11.5 Å². The van der Waals surface area contributed by atoms with Gasteiger partial charge in [-0.1, -0.05) is 69.5 Å². The van der Waals surface area contributed by atoms with Gasteiger partial charge < -0.3 is 9.15 Å². The Balaban J connectivity index is 1.38. The lowest BCUT2D eigenvalue weighted by Crippen LogP contribution is -2.20. The minimum atomic E-state index is -0.318. The molecule has 0 amide bonds. The van der Waals surface area contributed by atoms with E-state index in [1.807, 2.05) is 61.5 Å². The predicted octanol–water partition coefficient (Wildman–Crippen LogP) is 8.76. The second kappa shape index (κ2) is 11.0. The zero-order valence-corrected chi connectivity index (χ0v) is 25.0. The van der Waals surface area contributed by atoms with Crippen LogP contribution in [-0.2, 0) is 6.61 Å². The number of benzene rings is 4. The summed E-state index contributed by atoms with van der Waals surface area (Å²) < 4.78 is 14.9. The Morgan fingerprint density at radius 2 is 1.88 bits per heavy atom. The maximum absolute atomic E-state index is 13.5. The number of aromatic nitrogens is 2. The highest BCUT2D eigenvalue weighted by molar-refractivity contribution is 9.10. The van der Waals surface area contributed by atoms with Crippen molar-refractivity contribution in [2.45, 2.75) is 13.5 Å². The highest BCUT2D eigenvalue weighted by Gasteiger charge is 2.17. The summed E-state index contributed by atoms with van der Waals surface area (Å²) in [6.45, 7) is 2.42. The normalized spacial score (nSPS) is 11.6. The number of aryl methyl sites for hydroxylation is 1. The summed E-state index contributed by atoms with van der Waals surface area (Å²) in [5.74, 6) is 1.24. The summed E-state index contributed by atoms with van der Waals surface area (Å²) in [7, 11) is 0. The van der Waals surface area contributed by atoms with Gasteiger partial charge in [0.1, 0.15) is 12.2 Å². The molecular weight excluding hydrogens is 658 g/mol. The fourth-order valence-electron chi connectivity index (χ4n) is 4.39. The Bertz CT molecular complexity index is 1980. The van der Waals surface area contributed by atoms with E-state index in [9.17, 15) is 4.79 Å². The fourth-order valence-corrected chi connectivity index (χ4v) is 5.76. The first-order chi connectivity index (χ1) is 19.4. The lowest BCUT2D eigenvalue weighted by molar-refractivity contribution is 0.304. The molecule has 198 valence electrons. The Morgan fingerprint density at radius 3 is 2.70 bits per heavy atom. The summed E-state index contributed by atoms with van der Waals surface area (Å²) in [4.78, 5) is 18.3. The van der Waals surface area contributed by atoms with E-state index in [0.29, 0.717) is 49.7 Å². The molecular formula is C31H20Br2ClN3O3. The molecule has 6 nitrogen and oxygen atoms in total. The van der Waals surface area contributed by atoms with Crippen LogP contribution in [0.15, 0.2) is 108 Å². The monoisotopic (exact) mass is 675 g/mol. The van der Waals surface area contributed by atoms with E-state index in [1.165, 1.54) is 4.68 Å². The lowest BCUT2D eigenvalue weighted by Gasteiger charge is -2.12. The number of hydrogen-bond acceptors (Lipinski definition) is 5. The molecule has 40 heavy (non-hydrogen) atoms. The molecule has 4 aromatic carbocycles. The zero-order valence-electron chi connectivity index (χ0n) is 21.1. The third-order valence-corrected chi connectivity index (χ3v) is 7.62. The van der Waals surface area contributed by atoms with E-state index in [2.05, 4.69) is 43.0 Å². The molecule has 2 heterocycles. The van der Waals surface area contributed by atoms with Crippen molar-refractivity contribution in [3.63, 3.8) is 0 Å². The van der Waals surface area contributed by atoms with Crippen molar-refractivity contribution in [2.24, 2.45) is 5.10 Å². The highest BCUT2D eigenvalue weighted by atomic mass is 79.9. The van der Waals surface area contributed by atoms with Crippen LogP contribution in [0.2, 0.25) is 5.02 Å². The molecule has 0 N–H and O–H groups in total. The van der Waals surface area contributed by atoms with Crippen LogP contribution in [0.5, 0.6) is 5.75 Å². The smallest absolute Gasteiger partial charge is 0.282 e. The number of halogens is 3. The second-order valence-corrected chi connectivity index (χ2v) is 11.4. The number of furan rings is 1. The number of rotatable bonds is 6. The average Bonchev–Trinajstić information content (AvgIpc) is 3.35. The second-order valence-electron chi connectivity index (χ2n) is 9.20. The third kappa shape index (κ3) is 5.35. The molecule has 0 atom stereocenters. The van der Waals surface area contributed by atoms with Gasteiger partial charge in [-0.2, -0.15) is 9.78 Å². The largest absolute Gasteiger partial charge is 0.486 e. The quantitative estimate of drug-likeness (QED) is 0.165. The molecule has 0 aliphatic carbocycles. The number of fused-ring (bicyclic) bond motifs is 2. The van der Waals surface area contributed by atoms with Crippen LogP contribution in [0.3, 0.4) is 0 Å².